The van der Waals surface area contributed by atoms with Crippen LogP contribution in [0.25, 0.3) is 16.6 Å². The lowest BCUT2D eigenvalue weighted by Crippen LogP contribution is -2.42. The maximum absolute atomic E-state index is 13.4. The summed E-state index contributed by atoms with van der Waals surface area (Å²) in [5.41, 5.74) is 2.37. The molecule has 31 heavy (non-hydrogen) atoms. The predicted molar refractivity (Wildman–Crippen MR) is 127 cm³/mol. The lowest BCUT2D eigenvalue weighted by Gasteiger charge is -2.32. The molecule has 0 unspecified atom stereocenters. The van der Waals surface area contributed by atoms with Gasteiger partial charge < -0.3 is 4.90 Å². The minimum Gasteiger partial charge on any atom is -0.342 e. The lowest BCUT2D eigenvalue weighted by molar-refractivity contribution is -0.131. The molecule has 6 heteroatoms. The molecule has 0 aliphatic heterocycles. The molecule has 0 radical (unpaired) electrons. The third kappa shape index (κ3) is 4.54. The average Bonchev–Trinajstić information content (AvgIpc) is 2.79. The Labute approximate surface area is 187 Å². The molecular weight excluding hydrogens is 406 g/mol. The Kier molecular flexibility index (Phi) is 6.46. The van der Waals surface area contributed by atoms with Gasteiger partial charge in [0.1, 0.15) is 0 Å². The van der Waals surface area contributed by atoms with Gasteiger partial charge in [0.2, 0.25) is 5.91 Å². The molecule has 1 aliphatic carbocycles. The molecule has 5 nitrogen and oxygen atoms in total. The summed E-state index contributed by atoms with van der Waals surface area (Å²) in [7, 11) is 1.91. The summed E-state index contributed by atoms with van der Waals surface area (Å²) in [5.74, 6) is 0.0927. The van der Waals surface area contributed by atoms with Crippen LogP contribution in [-0.4, -0.2) is 38.7 Å². The van der Waals surface area contributed by atoms with Crippen LogP contribution >= 0.6 is 11.8 Å². The molecule has 0 bridgehead atoms. The number of para-hydroxylation sites is 1. The largest absolute Gasteiger partial charge is 0.342 e. The number of thioether (sulfide) groups is 1. The van der Waals surface area contributed by atoms with Gasteiger partial charge in [-0.25, -0.2) is 4.98 Å². The van der Waals surface area contributed by atoms with Crippen molar-refractivity contribution in [2.45, 2.75) is 62.4 Å². The van der Waals surface area contributed by atoms with Crippen LogP contribution in [0.15, 0.2) is 58.5 Å². The fourth-order valence-corrected chi connectivity index (χ4v) is 5.36. The van der Waals surface area contributed by atoms with E-state index in [4.69, 9.17) is 4.98 Å². The lowest BCUT2D eigenvalue weighted by atomic mass is 9.94. The number of carbonyl (C=O) groups excluding carboxylic acids is 1. The van der Waals surface area contributed by atoms with Crippen molar-refractivity contribution in [1.29, 1.82) is 0 Å². The highest BCUT2D eigenvalue weighted by Crippen LogP contribution is 2.28. The van der Waals surface area contributed by atoms with Gasteiger partial charge in [-0.3, -0.25) is 14.2 Å². The molecular formula is C25H29N3O2S. The second-order valence-electron chi connectivity index (χ2n) is 8.39. The summed E-state index contributed by atoms with van der Waals surface area (Å²) in [4.78, 5) is 33.3. The van der Waals surface area contributed by atoms with Gasteiger partial charge in [-0.2, -0.15) is 0 Å². The number of hydrogen-bond donors (Lipinski definition) is 0. The molecule has 0 saturated heterocycles. The van der Waals surface area contributed by atoms with E-state index in [0.29, 0.717) is 22.1 Å². The molecule has 2 aromatic carbocycles. The Morgan fingerprint density at radius 1 is 1.13 bits per heavy atom. The van der Waals surface area contributed by atoms with Crippen LogP contribution in [0.2, 0.25) is 0 Å². The highest BCUT2D eigenvalue weighted by atomic mass is 32.2. The Bertz CT molecular complexity index is 1150. The van der Waals surface area contributed by atoms with E-state index < -0.39 is 0 Å². The Morgan fingerprint density at radius 3 is 2.61 bits per heavy atom. The molecule has 1 aromatic heterocycles. The number of carbonyl (C=O) groups is 1. The number of benzene rings is 2. The number of amides is 1. The van der Waals surface area contributed by atoms with E-state index in [1.807, 2.05) is 68.3 Å². The fourth-order valence-electron chi connectivity index (χ4n) is 4.33. The molecule has 1 fully saturated rings. The molecule has 162 valence electrons. The predicted octanol–water partition coefficient (Wildman–Crippen LogP) is 4.97. The molecule has 1 heterocycles. The van der Waals surface area contributed by atoms with Gasteiger partial charge in [-0.1, -0.05) is 55.3 Å². The first-order valence-electron chi connectivity index (χ1n) is 11.0. The second kappa shape index (κ2) is 9.27. The van der Waals surface area contributed by atoms with Gasteiger partial charge in [0.15, 0.2) is 5.16 Å². The number of nitrogens with zero attached hydrogens (tertiary/aromatic N) is 3. The van der Waals surface area contributed by atoms with Crippen LogP contribution in [-0.2, 0) is 4.79 Å². The smallest absolute Gasteiger partial charge is 0.266 e. The Hall–Kier alpha value is -2.60. The summed E-state index contributed by atoms with van der Waals surface area (Å²) >= 11 is 1.36. The van der Waals surface area contributed by atoms with E-state index in [1.54, 1.807) is 10.6 Å². The summed E-state index contributed by atoms with van der Waals surface area (Å²) < 4.78 is 1.64. The van der Waals surface area contributed by atoms with Gasteiger partial charge in [-0.15, -0.1) is 0 Å². The zero-order valence-electron chi connectivity index (χ0n) is 18.4. The number of aryl methyl sites for hydroxylation is 1. The van der Waals surface area contributed by atoms with Gasteiger partial charge >= 0.3 is 0 Å². The van der Waals surface area contributed by atoms with Crippen molar-refractivity contribution >= 4 is 28.6 Å². The minimum atomic E-state index is -0.337. The van der Waals surface area contributed by atoms with Crippen LogP contribution in [0.1, 0.15) is 44.6 Å². The van der Waals surface area contributed by atoms with Gasteiger partial charge in [-0.05, 0) is 56.5 Å². The van der Waals surface area contributed by atoms with E-state index >= 15 is 0 Å². The van der Waals surface area contributed by atoms with E-state index in [0.717, 1.165) is 24.1 Å². The fraction of sp³-hybridized carbons (Fsp3) is 0.400. The highest BCUT2D eigenvalue weighted by molar-refractivity contribution is 8.00. The van der Waals surface area contributed by atoms with Crippen LogP contribution < -0.4 is 5.56 Å². The van der Waals surface area contributed by atoms with Crippen LogP contribution in [0.5, 0.6) is 0 Å². The quantitative estimate of drug-likeness (QED) is 0.420. The van der Waals surface area contributed by atoms with Crippen molar-refractivity contribution in [3.63, 3.8) is 0 Å². The number of rotatable bonds is 5. The van der Waals surface area contributed by atoms with Crippen molar-refractivity contribution < 1.29 is 4.79 Å². The normalized spacial score (nSPS) is 15.7. The third-order valence-corrected chi connectivity index (χ3v) is 7.14. The Balaban J connectivity index is 1.71. The molecule has 3 aromatic rings. The minimum absolute atomic E-state index is 0.0927. The molecule has 1 atom stereocenters. The second-order valence-corrected chi connectivity index (χ2v) is 9.70. The maximum Gasteiger partial charge on any atom is 0.266 e. The summed E-state index contributed by atoms with van der Waals surface area (Å²) in [6, 6.07) is 15.5. The number of hydrogen-bond acceptors (Lipinski definition) is 4. The van der Waals surface area contributed by atoms with E-state index in [9.17, 15) is 9.59 Å². The van der Waals surface area contributed by atoms with Gasteiger partial charge in [0, 0.05) is 13.1 Å². The number of fused-ring (bicyclic) bond motifs is 1. The van der Waals surface area contributed by atoms with Crippen LogP contribution in [0.3, 0.4) is 0 Å². The zero-order chi connectivity index (χ0) is 22.0. The summed E-state index contributed by atoms with van der Waals surface area (Å²) in [5, 5.41) is 0.787. The van der Waals surface area contributed by atoms with Gasteiger partial charge in [0.25, 0.3) is 5.56 Å². The van der Waals surface area contributed by atoms with E-state index in [-0.39, 0.29) is 16.7 Å². The van der Waals surface area contributed by atoms with E-state index in [2.05, 4.69) is 0 Å². The molecule has 4 rings (SSSR count). The molecule has 1 saturated carbocycles. The topological polar surface area (TPSA) is 55.2 Å². The van der Waals surface area contributed by atoms with Crippen LogP contribution in [0, 0.1) is 6.92 Å². The van der Waals surface area contributed by atoms with E-state index in [1.165, 1.54) is 31.0 Å². The molecule has 0 N–H and O–H groups in total. The SMILES string of the molecule is Cc1cccc(-n2c(S[C@H](C)C(=O)N(C)C3CCCCC3)nc3ccccc3c2=O)c1. The summed E-state index contributed by atoms with van der Waals surface area (Å²) in [6.45, 7) is 3.91. The molecule has 0 spiro atoms. The van der Waals surface area contributed by atoms with Crippen molar-refractivity contribution in [3.05, 3.63) is 64.4 Å². The third-order valence-electron chi connectivity index (χ3n) is 6.10. The monoisotopic (exact) mass is 435 g/mol. The van der Waals surface area contributed by atoms with Crippen molar-refractivity contribution in [2.24, 2.45) is 0 Å². The average molecular weight is 436 g/mol. The molecule has 1 aliphatic rings. The first kappa shape index (κ1) is 21.6. The summed E-state index contributed by atoms with van der Waals surface area (Å²) in [6.07, 6.45) is 5.77. The number of aromatic nitrogens is 2. The highest BCUT2D eigenvalue weighted by Gasteiger charge is 2.27. The standard InChI is InChI=1S/C25H29N3O2S/c1-17-10-9-13-20(16-17)28-24(30)21-14-7-8-15-22(21)26-25(28)31-18(2)23(29)27(3)19-11-5-4-6-12-19/h7-10,13-16,18-19H,4-6,11-12H2,1-3H3/t18-/m1/s1. The Morgan fingerprint density at radius 2 is 1.87 bits per heavy atom. The molecule has 1 amide bonds. The van der Waals surface area contributed by atoms with Gasteiger partial charge in [0.05, 0.1) is 21.8 Å². The first-order chi connectivity index (χ1) is 15.0. The van der Waals surface area contributed by atoms with Crippen molar-refractivity contribution in [2.75, 3.05) is 7.05 Å². The van der Waals surface area contributed by atoms with Crippen LogP contribution in [0.4, 0.5) is 0 Å². The maximum atomic E-state index is 13.4. The zero-order valence-corrected chi connectivity index (χ0v) is 19.2. The van der Waals surface area contributed by atoms with Crippen molar-refractivity contribution in [1.82, 2.24) is 14.5 Å². The first-order valence-corrected chi connectivity index (χ1v) is 11.9. The van der Waals surface area contributed by atoms with Crippen molar-refractivity contribution in [3.8, 4) is 5.69 Å².